The molecule has 0 heterocycles. The van der Waals surface area contributed by atoms with Crippen molar-refractivity contribution in [1.29, 1.82) is 0 Å². The Hall–Kier alpha value is -1.84. The molecule has 0 aromatic rings. The minimum atomic E-state index is -0.595. The second-order valence-electron chi connectivity index (χ2n) is 2.69. The molecule has 0 N–H and O–H groups in total. The summed E-state index contributed by atoms with van der Waals surface area (Å²) in [4.78, 5) is 22.4. The van der Waals surface area contributed by atoms with Crippen LogP contribution >= 0.6 is 0 Å². The van der Waals surface area contributed by atoms with E-state index in [-0.39, 0.29) is 11.1 Å². The Morgan fingerprint density at radius 2 is 1.21 bits per heavy atom. The second kappa shape index (κ2) is 3.49. The van der Waals surface area contributed by atoms with Crippen LogP contribution in [0.2, 0.25) is 0 Å². The van der Waals surface area contributed by atoms with Crippen LogP contribution in [0.25, 0.3) is 0 Å². The maximum atomic E-state index is 11.2. The van der Waals surface area contributed by atoms with Crippen molar-refractivity contribution < 1.29 is 19.1 Å². The zero-order chi connectivity index (χ0) is 10.9. The van der Waals surface area contributed by atoms with Crippen LogP contribution in [0.4, 0.5) is 0 Å². The number of methoxy groups -OCH3 is 2. The monoisotopic (exact) mass is 194 g/mol. The lowest BCUT2D eigenvalue weighted by molar-refractivity contribution is -0.139. The molecule has 0 spiro atoms. The van der Waals surface area contributed by atoms with Gasteiger partial charge in [0, 0.05) is 0 Å². The van der Waals surface area contributed by atoms with Gasteiger partial charge < -0.3 is 9.47 Å². The van der Waals surface area contributed by atoms with E-state index in [0.717, 1.165) is 0 Å². The molecule has 1 aliphatic rings. The zero-order valence-electron chi connectivity index (χ0n) is 8.05. The van der Waals surface area contributed by atoms with Gasteiger partial charge in [0.15, 0.2) is 0 Å². The highest BCUT2D eigenvalue weighted by Crippen LogP contribution is 2.38. The van der Waals surface area contributed by atoms with Crippen LogP contribution < -0.4 is 0 Å². The summed E-state index contributed by atoms with van der Waals surface area (Å²) in [6.07, 6.45) is 0. The highest BCUT2D eigenvalue weighted by atomic mass is 16.5. The Morgan fingerprint density at radius 1 is 0.929 bits per heavy atom. The minimum absolute atomic E-state index is 0.157. The smallest absolute Gasteiger partial charge is 0.339 e. The molecular formula is C10H10O4. The Labute approximate surface area is 81.5 Å². The van der Waals surface area contributed by atoms with Crippen molar-refractivity contribution in [2.24, 2.45) is 0 Å². The van der Waals surface area contributed by atoms with Crippen LogP contribution in [0.1, 0.15) is 0 Å². The number of esters is 2. The first-order valence-electron chi connectivity index (χ1n) is 3.84. The SMILES string of the molecule is C=C1C(=C)C(C(=O)OC)=C1C(=O)OC. The Balaban J connectivity index is 3.15. The van der Waals surface area contributed by atoms with Gasteiger partial charge in [-0.15, -0.1) is 0 Å². The number of carbonyl (C=O) groups excluding carboxylic acids is 2. The van der Waals surface area contributed by atoms with Gasteiger partial charge >= 0.3 is 11.9 Å². The van der Waals surface area contributed by atoms with E-state index < -0.39 is 11.9 Å². The molecule has 1 rings (SSSR count). The summed E-state index contributed by atoms with van der Waals surface area (Å²) in [7, 11) is 2.47. The maximum absolute atomic E-state index is 11.2. The van der Waals surface area contributed by atoms with Crippen LogP contribution in [-0.2, 0) is 19.1 Å². The lowest BCUT2D eigenvalue weighted by atomic mass is 9.79. The van der Waals surface area contributed by atoms with Crippen molar-refractivity contribution in [2.75, 3.05) is 14.2 Å². The average Bonchev–Trinajstić information content (AvgIpc) is 2.22. The lowest BCUT2D eigenvalue weighted by Gasteiger charge is -2.25. The first kappa shape index (κ1) is 10.2. The number of carbonyl (C=O) groups is 2. The molecule has 0 atom stereocenters. The molecular weight excluding hydrogens is 184 g/mol. The molecule has 0 fully saturated rings. The zero-order valence-corrected chi connectivity index (χ0v) is 8.05. The van der Waals surface area contributed by atoms with E-state index in [2.05, 4.69) is 22.6 Å². The molecule has 0 aromatic heterocycles. The predicted molar refractivity (Wildman–Crippen MR) is 49.3 cm³/mol. The summed E-state index contributed by atoms with van der Waals surface area (Å²) >= 11 is 0. The van der Waals surface area contributed by atoms with Gasteiger partial charge in [-0.3, -0.25) is 0 Å². The van der Waals surface area contributed by atoms with E-state index >= 15 is 0 Å². The molecule has 1 aliphatic carbocycles. The molecule has 0 saturated heterocycles. The topological polar surface area (TPSA) is 52.6 Å². The third-order valence-corrected chi connectivity index (χ3v) is 2.00. The summed E-state index contributed by atoms with van der Waals surface area (Å²) in [5.74, 6) is -1.19. The van der Waals surface area contributed by atoms with Gasteiger partial charge in [0.05, 0.1) is 25.4 Å². The fraction of sp³-hybridized carbons (Fsp3) is 0.200. The average molecular weight is 194 g/mol. The molecule has 0 amide bonds. The van der Waals surface area contributed by atoms with Crippen molar-refractivity contribution in [2.45, 2.75) is 0 Å². The molecule has 0 aromatic carbocycles. The lowest BCUT2D eigenvalue weighted by Crippen LogP contribution is -2.25. The van der Waals surface area contributed by atoms with Gasteiger partial charge in [0.25, 0.3) is 0 Å². The van der Waals surface area contributed by atoms with Crippen molar-refractivity contribution in [3.8, 4) is 0 Å². The largest absolute Gasteiger partial charge is 0.465 e. The second-order valence-corrected chi connectivity index (χ2v) is 2.69. The normalized spacial score (nSPS) is 15.0. The minimum Gasteiger partial charge on any atom is -0.465 e. The van der Waals surface area contributed by atoms with Gasteiger partial charge in [-0.1, -0.05) is 13.2 Å². The highest BCUT2D eigenvalue weighted by Gasteiger charge is 2.36. The predicted octanol–water partition coefficient (Wildman–Crippen LogP) is 0.755. The summed E-state index contributed by atoms with van der Waals surface area (Å²) in [5, 5.41) is 0. The molecule has 0 radical (unpaired) electrons. The molecule has 14 heavy (non-hydrogen) atoms. The molecule has 4 nitrogen and oxygen atoms in total. The third kappa shape index (κ3) is 1.25. The molecule has 0 aliphatic heterocycles. The molecule has 0 bridgehead atoms. The molecule has 0 unspecified atom stereocenters. The van der Waals surface area contributed by atoms with E-state index in [4.69, 9.17) is 0 Å². The Kier molecular flexibility index (Phi) is 2.56. The molecule has 74 valence electrons. The van der Waals surface area contributed by atoms with E-state index in [0.29, 0.717) is 11.1 Å². The fourth-order valence-electron chi connectivity index (χ4n) is 1.20. The van der Waals surface area contributed by atoms with Crippen LogP contribution in [0.3, 0.4) is 0 Å². The number of hydrogen-bond donors (Lipinski definition) is 0. The summed E-state index contributed by atoms with van der Waals surface area (Å²) in [6.45, 7) is 7.19. The number of hydrogen-bond acceptors (Lipinski definition) is 4. The van der Waals surface area contributed by atoms with E-state index in [1.165, 1.54) is 14.2 Å². The van der Waals surface area contributed by atoms with Gasteiger partial charge in [-0.05, 0) is 11.1 Å². The summed E-state index contributed by atoms with van der Waals surface area (Å²) < 4.78 is 8.98. The highest BCUT2D eigenvalue weighted by molar-refractivity contribution is 6.13. The molecule has 4 heteroatoms. The van der Waals surface area contributed by atoms with Crippen molar-refractivity contribution >= 4 is 11.9 Å². The van der Waals surface area contributed by atoms with E-state index in [1.807, 2.05) is 0 Å². The standard InChI is InChI=1S/C10H10O4/c1-5-6(2)8(10(12)14-4)7(5)9(11)13-3/h1-2H2,3-4H3. The Bertz CT molecular complexity index is 338. The van der Waals surface area contributed by atoms with Crippen molar-refractivity contribution in [3.63, 3.8) is 0 Å². The van der Waals surface area contributed by atoms with Crippen molar-refractivity contribution in [1.82, 2.24) is 0 Å². The van der Waals surface area contributed by atoms with Crippen LogP contribution in [0.5, 0.6) is 0 Å². The van der Waals surface area contributed by atoms with Crippen LogP contribution in [-0.4, -0.2) is 26.2 Å². The van der Waals surface area contributed by atoms with Gasteiger partial charge in [-0.2, -0.15) is 0 Å². The number of ether oxygens (including phenoxy) is 2. The van der Waals surface area contributed by atoms with Gasteiger partial charge in [0.2, 0.25) is 0 Å². The van der Waals surface area contributed by atoms with E-state index in [9.17, 15) is 9.59 Å². The first-order chi connectivity index (χ1) is 6.54. The van der Waals surface area contributed by atoms with E-state index in [1.54, 1.807) is 0 Å². The molecule has 0 saturated carbocycles. The van der Waals surface area contributed by atoms with Crippen LogP contribution in [0, 0.1) is 0 Å². The summed E-state index contributed by atoms with van der Waals surface area (Å²) in [6, 6.07) is 0. The van der Waals surface area contributed by atoms with Crippen molar-refractivity contribution in [3.05, 3.63) is 35.5 Å². The summed E-state index contributed by atoms with van der Waals surface area (Å²) in [5.41, 5.74) is 1.17. The van der Waals surface area contributed by atoms with Gasteiger partial charge in [-0.25, -0.2) is 9.59 Å². The maximum Gasteiger partial charge on any atom is 0.339 e. The third-order valence-electron chi connectivity index (χ3n) is 2.00. The quantitative estimate of drug-likeness (QED) is 0.609. The fourth-order valence-corrected chi connectivity index (χ4v) is 1.20. The van der Waals surface area contributed by atoms with Gasteiger partial charge in [0.1, 0.15) is 0 Å². The Morgan fingerprint density at radius 3 is 1.43 bits per heavy atom. The number of rotatable bonds is 2. The van der Waals surface area contributed by atoms with Crippen LogP contribution in [0.15, 0.2) is 35.5 Å². The first-order valence-corrected chi connectivity index (χ1v) is 3.84.